The lowest BCUT2D eigenvalue weighted by molar-refractivity contribution is 0.185. The standard InChI is InChI=1S/C13H17BrFNO/c1-3-5-16-13-8-6-9(14)10(15)7-12(8)17-11(13)4-2/h6-7,11,13,16H,3-5H2,1-2H3. The molecule has 1 aromatic rings. The summed E-state index contributed by atoms with van der Waals surface area (Å²) >= 11 is 3.23. The minimum Gasteiger partial charge on any atom is -0.488 e. The fraction of sp³-hybridized carbons (Fsp3) is 0.538. The summed E-state index contributed by atoms with van der Waals surface area (Å²) in [6.07, 6.45) is 2.09. The second-order valence-electron chi connectivity index (χ2n) is 4.30. The molecule has 17 heavy (non-hydrogen) atoms. The minimum atomic E-state index is -0.269. The van der Waals surface area contributed by atoms with E-state index in [1.54, 1.807) is 0 Å². The molecule has 2 nitrogen and oxygen atoms in total. The van der Waals surface area contributed by atoms with Crippen molar-refractivity contribution in [3.8, 4) is 5.75 Å². The molecular weight excluding hydrogens is 285 g/mol. The average molecular weight is 302 g/mol. The molecule has 0 fully saturated rings. The van der Waals surface area contributed by atoms with Crippen LogP contribution in [0.5, 0.6) is 5.75 Å². The minimum absolute atomic E-state index is 0.102. The lowest BCUT2D eigenvalue weighted by Crippen LogP contribution is -2.31. The van der Waals surface area contributed by atoms with Crippen LogP contribution in [0.1, 0.15) is 38.3 Å². The predicted molar refractivity (Wildman–Crippen MR) is 69.8 cm³/mol. The summed E-state index contributed by atoms with van der Waals surface area (Å²) in [6.45, 7) is 5.16. The van der Waals surface area contributed by atoms with Gasteiger partial charge in [-0.2, -0.15) is 0 Å². The SMILES string of the molecule is CCCNC1c2cc(Br)c(F)cc2OC1CC. The molecule has 0 saturated carbocycles. The number of halogens is 2. The molecular formula is C13H17BrFNO. The Labute approximate surface area is 110 Å². The number of hydrogen-bond donors (Lipinski definition) is 1. The molecule has 1 heterocycles. The second kappa shape index (κ2) is 5.36. The van der Waals surface area contributed by atoms with Crippen LogP contribution in [-0.2, 0) is 0 Å². The van der Waals surface area contributed by atoms with Crippen LogP contribution in [0.25, 0.3) is 0 Å². The Morgan fingerprint density at radius 3 is 2.82 bits per heavy atom. The Hall–Kier alpha value is -0.610. The molecule has 0 aliphatic carbocycles. The van der Waals surface area contributed by atoms with Crippen molar-refractivity contribution in [1.82, 2.24) is 5.32 Å². The molecule has 0 aromatic heterocycles. The highest BCUT2D eigenvalue weighted by Gasteiger charge is 2.33. The Kier molecular flexibility index (Phi) is 4.05. The van der Waals surface area contributed by atoms with E-state index >= 15 is 0 Å². The second-order valence-corrected chi connectivity index (χ2v) is 5.15. The van der Waals surface area contributed by atoms with Gasteiger partial charge >= 0.3 is 0 Å². The molecule has 4 heteroatoms. The highest BCUT2D eigenvalue weighted by atomic mass is 79.9. The number of fused-ring (bicyclic) bond motifs is 1. The topological polar surface area (TPSA) is 21.3 Å². The van der Waals surface area contributed by atoms with Gasteiger partial charge in [-0.25, -0.2) is 4.39 Å². The van der Waals surface area contributed by atoms with Crippen molar-refractivity contribution < 1.29 is 9.13 Å². The van der Waals surface area contributed by atoms with Crippen molar-refractivity contribution in [2.45, 2.75) is 38.8 Å². The van der Waals surface area contributed by atoms with E-state index in [1.165, 1.54) is 6.07 Å². The molecule has 1 aliphatic heterocycles. The molecule has 0 amide bonds. The van der Waals surface area contributed by atoms with Gasteiger partial charge in [-0.1, -0.05) is 13.8 Å². The Morgan fingerprint density at radius 1 is 1.41 bits per heavy atom. The lowest BCUT2D eigenvalue weighted by Gasteiger charge is -2.18. The first-order chi connectivity index (χ1) is 8.17. The summed E-state index contributed by atoms with van der Waals surface area (Å²) in [5.41, 5.74) is 1.05. The van der Waals surface area contributed by atoms with Crippen LogP contribution < -0.4 is 10.1 Å². The Bertz CT molecular complexity index is 411. The molecule has 1 aliphatic rings. The molecule has 2 atom stereocenters. The number of rotatable bonds is 4. The van der Waals surface area contributed by atoms with E-state index < -0.39 is 0 Å². The third kappa shape index (κ3) is 2.47. The Balaban J connectivity index is 2.30. The van der Waals surface area contributed by atoms with E-state index in [9.17, 15) is 4.39 Å². The third-order valence-corrected chi connectivity index (χ3v) is 3.66. The number of nitrogens with one attached hydrogen (secondary N) is 1. The molecule has 2 rings (SSSR count). The van der Waals surface area contributed by atoms with Crippen molar-refractivity contribution in [1.29, 1.82) is 0 Å². The molecule has 2 unspecified atom stereocenters. The van der Waals surface area contributed by atoms with Gasteiger partial charge in [-0.15, -0.1) is 0 Å². The van der Waals surface area contributed by atoms with Gasteiger partial charge < -0.3 is 10.1 Å². The van der Waals surface area contributed by atoms with Gasteiger partial charge in [0.1, 0.15) is 17.7 Å². The first-order valence-corrected chi connectivity index (χ1v) is 6.85. The van der Waals surface area contributed by atoms with Crippen molar-refractivity contribution in [3.63, 3.8) is 0 Å². The fourth-order valence-corrected chi connectivity index (χ4v) is 2.54. The normalized spacial score (nSPS) is 22.4. The molecule has 0 radical (unpaired) electrons. The van der Waals surface area contributed by atoms with Crippen LogP contribution in [0.4, 0.5) is 4.39 Å². The van der Waals surface area contributed by atoms with Crippen LogP contribution in [0, 0.1) is 5.82 Å². The first-order valence-electron chi connectivity index (χ1n) is 6.06. The van der Waals surface area contributed by atoms with E-state index in [1.807, 2.05) is 6.07 Å². The first kappa shape index (κ1) is 12.8. The van der Waals surface area contributed by atoms with Gasteiger partial charge in [-0.05, 0) is 41.4 Å². The van der Waals surface area contributed by atoms with Crippen LogP contribution in [0.15, 0.2) is 16.6 Å². The number of hydrogen-bond acceptors (Lipinski definition) is 2. The average Bonchev–Trinajstić information content (AvgIpc) is 2.64. The van der Waals surface area contributed by atoms with Crippen LogP contribution >= 0.6 is 15.9 Å². The summed E-state index contributed by atoms with van der Waals surface area (Å²) in [6, 6.07) is 3.47. The molecule has 1 aromatic carbocycles. The summed E-state index contributed by atoms with van der Waals surface area (Å²) in [7, 11) is 0. The van der Waals surface area contributed by atoms with Crippen LogP contribution in [0.3, 0.4) is 0 Å². The van der Waals surface area contributed by atoms with Crippen LogP contribution in [0.2, 0.25) is 0 Å². The highest BCUT2D eigenvalue weighted by molar-refractivity contribution is 9.10. The summed E-state index contributed by atoms with van der Waals surface area (Å²) in [4.78, 5) is 0. The molecule has 0 saturated heterocycles. The van der Waals surface area contributed by atoms with Gasteiger partial charge in [0.15, 0.2) is 0 Å². The number of ether oxygens (including phenoxy) is 1. The van der Waals surface area contributed by atoms with Gasteiger partial charge in [0, 0.05) is 11.6 Å². The molecule has 0 bridgehead atoms. The summed E-state index contributed by atoms with van der Waals surface area (Å²) in [5.74, 6) is 0.404. The van der Waals surface area contributed by atoms with Gasteiger partial charge in [-0.3, -0.25) is 0 Å². The maximum atomic E-state index is 13.4. The maximum absolute atomic E-state index is 13.4. The zero-order valence-electron chi connectivity index (χ0n) is 10.1. The quantitative estimate of drug-likeness (QED) is 0.913. The summed E-state index contributed by atoms with van der Waals surface area (Å²) < 4.78 is 19.7. The molecule has 1 N–H and O–H groups in total. The third-order valence-electron chi connectivity index (χ3n) is 3.05. The smallest absolute Gasteiger partial charge is 0.141 e. The maximum Gasteiger partial charge on any atom is 0.141 e. The zero-order chi connectivity index (χ0) is 12.4. The van der Waals surface area contributed by atoms with Crippen molar-refractivity contribution in [2.24, 2.45) is 0 Å². The van der Waals surface area contributed by atoms with E-state index in [-0.39, 0.29) is 18.0 Å². The zero-order valence-corrected chi connectivity index (χ0v) is 11.7. The number of benzene rings is 1. The fourth-order valence-electron chi connectivity index (χ4n) is 2.18. The van der Waals surface area contributed by atoms with Crippen molar-refractivity contribution in [3.05, 3.63) is 28.0 Å². The molecule has 0 spiro atoms. The van der Waals surface area contributed by atoms with Gasteiger partial charge in [0.25, 0.3) is 0 Å². The van der Waals surface area contributed by atoms with E-state index in [0.29, 0.717) is 10.2 Å². The van der Waals surface area contributed by atoms with Crippen molar-refractivity contribution >= 4 is 15.9 Å². The Morgan fingerprint density at radius 2 is 2.18 bits per heavy atom. The van der Waals surface area contributed by atoms with E-state index in [4.69, 9.17) is 4.74 Å². The van der Waals surface area contributed by atoms with Crippen LogP contribution in [-0.4, -0.2) is 12.6 Å². The van der Waals surface area contributed by atoms with Crippen molar-refractivity contribution in [2.75, 3.05) is 6.54 Å². The largest absolute Gasteiger partial charge is 0.488 e. The van der Waals surface area contributed by atoms with Gasteiger partial charge in [0.05, 0.1) is 10.5 Å². The lowest BCUT2D eigenvalue weighted by atomic mass is 10.0. The predicted octanol–water partition coefficient (Wildman–Crippen LogP) is 3.80. The monoisotopic (exact) mass is 301 g/mol. The highest BCUT2D eigenvalue weighted by Crippen LogP contribution is 2.40. The van der Waals surface area contributed by atoms with E-state index in [0.717, 1.165) is 24.9 Å². The summed E-state index contributed by atoms with van der Waals surface area (Å²) in [5, 5.41) is 3.47. The van der Waals surface area contributed by atoms with Gasteiger partial charge in [0.2, 0.25) is 0 Å². The van der Waals surface area contributed by atoms with E-state index in [2.05, 4.69) is 35.1 Å². The molecule has 94 valence electrons.